The molecule has 0 heterocycles. The largest absolute Gasteiger partial charge is 0.384 e. The van der Waals surface area contributed by atoms with Crippen molar-refractivity contribution < 1.29 is 0 Å². The Morgan fingerprint density at radius 1 is 1.78 bits per heavy atom. The Balaban J connectivity index is 3.64. The maximum atomic E-state index is 5.46. The monoisotopic (exact) mass is 129 g/mol. The van der Waals surface area contributed by atoms with E-state index >= 15 is 0 Å². The average molecular weight is 129 g/mol. The zero-order valence-corrected chi connectivity index (χ0v) is 6.31. The summed E-state index contributed by atoms with van der Waals surface area (Å²) in [6, 6.07) is 0. The van der Waals surface area contributed by atoms with E-state index in [1.165, 1.54) is 0 Å². The van der Waals surface area contributed by atoms with Crippen LogP contribution in [0.5, 0.6) is 0 Å². The molecule has 0 aromatic carbocycles. The summed E-state index contributed by atoms with van der Waals surface area (Å²) < 4.78 is 0. The maximum absolute atomic E-state index is 5.46. The highest BCUT2D eigenvalue weighted by molar-refractivity contribution is 4.90. The predicted octanol–water partition coefficient (Wildman–Crippen LogP) is -0.0849. The fourth-order valence-electron chi connectivity index (χ4n) is 0.393. The summed E-state index contributed by atoms with van der Waals surface area (Å²) in [4.78, 5) is 2.01. The van der Waals surface area contributed by atoms with E-state index in [4.69, 9.17) is 5.73 Å². The van der Waals surface area contributed by atoms with Gasteiger partial charge in [0.15, 0.2) is 0 Å². The van der Waals surface area contributed by atoms with Crippen LogP contribution in [0.1, 0.15) is 6.92 Å². The van der Waals surface area contributed by atoms with E-state index < -0.39 is 0 Å². The van der Waals surface area contributed by atoms with Gasteiger partial charge in [0.05, 0.1) is 0 Å². The highest BCUT2D eigenvalue weighted by Crippen LogP contribution is 1.83. The second-order valence-corrected chi connectivity index (χ2v) is 1.91. The van der Waals surface area contributed by atoms with Crippen molar-refractivity contribution in [2.75, 3.05) is 20.6 Å². The first-order valence-electron chi connectivity index (χ1n) is 3.06. The van der Waals surface area contributed by atoms with Crippen molar-refractivity contribution in [1.82, 2.24) is 10.2 Å². The Kier molecular flexibility index (Phi) is 3.67. The third-order valence-corrected chi connectivity index (χ3v) is 1.15. The minimum absolute atomic E-state index is 0.694. The van der Waals surface area contributed by atoms with E-state index in [0.29, 0.717) is 5.82 Å². The molecule has 0 radical (unpaired) electrons. The number of hydrogen-bond acceptors (Lipinski definition) is 3. The van der Waals surface area contributed by atoms with Crippen LogP contribution < -0.4 is 11.1 Å². The Morgan fingerprint density at radius 3 is 2.67 bits per heavy atom. The van der Waals surface area contributed by atoms with Crippen LogP contribution in [-0.4, -0.2) is 25.5 Å². The van der Waals surface area contributed by atoms with E-state index in [2.05, 4.69) is 12.2 Å². The molecule has 0 spiro atoms. The summed E-state index contributed by atoms with van der Waals surface area (Å²) in [6.07, 6.45) is 1.86. The Labute approximate surface area is 56.5 Å². The van der Waals surface area contributed by atoms with Crippen LogP contribution in [0.25, 0.3) is 0 Å². The van der Waals surface area contributed by atoms with Gasteiger partial charge < -0.3 is 16.0 Å². The minimum atomic E-state index is 0.694. The van der Waals surface area contributed by atoms with Crippen LogP contribution >= 0.6 is 0 Å². The maximum Gasteiger partial charge on any atom is 0.112 e. The molecule has 9 heavy (non-hydrogen) atoms. The summed E-state index contributed by atoms with van der Waals surface area (Å²) in [5, 5.41) is 2.83. The van der Waals surface area contributed by atoms with Gasteiger partial charge in [0, 0.05) is 26.8 Å². The summed E-state index contributed by atoms with van der Waals surface area (Å²) >= 11 is 0. The molecule has 3 nitrogen and oxygen atoms in total. The van der Waals surface area contributed by atoms with Gasteiger partial charge >= 0.3 is 0 Å². The lowest BCUT2D eigenvalue weighted by Crippen LogP contribution is -2.20. The van der Waals surface area contributed by atoms with Crippen molar-refractivity contribution in [2.24, 2.45) is 5.73 Å². The lowest BCUT2D eigenvalue weighted by molar-refractivity contribution is 0.476. The molecule has 3 heteroatoms. The Morgan fingerprint density at radius 2 is 2.33 bits per heavy atom. The van der Waals surface area contributed by atoms with E-state index in [9.17, 15) is 0 Å². The topological polar surface area (TPSA) is 41.3 Å². The summed E-state index contributed by atoms with van der Waals surface area (Å²) in [5.74, 6) is 0.694. The molecule has 0 saturated heterocycles. The first-order chi connectivity index (χ1) is 4.20. The zero-order valence-electron chi connectivity index (χ0n) is 6.31. The lowest BCUT2D eigenvalue weighted by atomic mass is 10.6. The van der Waals surface area contributed by atoms with Gasteiger partial charge in [0.1, 0.15) is 5.82 Å². The normalized spacial score (nSPS) is 11.2. The lowest BCUT2D eigenvalue weighted by Gasteiger charge is -2.11. The van der Waals surface area contributed by atoms with Crippen molar-refractivity contribution in [2.45, 2.75) is 6.92 Å². The third kappa shape index (κ3) is 3.70. The summed E-state index contributed by atoms with van der Waals surface area (Å²) in [5.41, 5.74) is 5.46. The average Bonchev–Trinajstić information content (AvgIpc) is 1.87. The summed E-state index contributed by atoms with van der Waals surface area (Å²) in [7, 11) is 3.78. The van der Waals surface area contributed by atoms with Crippen LogP contribution in [0.2, 0.25) is 0 Å². The zero-order chi connectivity index (χ0) is 7.28. The van der Waals surface area contributed by atoms with E-state index in [1.54, 1.807) is 7.05 Å². The highest BCUT2D eigenvalue weighted by Gasteiger charge is 1.85. The molecule has 0 aromatic rings. The quantitative estimate of drug-likeness (QED) is 0.560. The first-order valence-corrected chi connectivity index (χ1v) is 3.06. The standard InChI is InChI=1S/C6H15N3/c1-4-9(3)5-6(7)8-2/h5,8H,4,7H2,1-3H3/b6-5+. The fraction of sp³-hybridized carbons (Fsp3) is 0.667. The number of rotatable bonds is 3. The van der Waals surface area contributed by atoms with Crippen LogP contribution in [0.3, 0.4) is 0 Å². The molecule has 54 valence electrons. The van der Waals surface area contributed by atoms with Gasteiger partial charge in [-0.05, 0) is 6.92 Å². The second kappa shape index (κ2) is 4.06. The minimum Gasteiger partial charge on any atom is -0.384 e. The molecule has 0 aliphatic heterocycles. The van der Waals surface area contributed by atoms with Crippen LogP contribution in [0.15, 0.2) is 12.0 Å². The highest BCUT2D eigenvalue weighted by atomic mass is 15.1. The number of nitrogens with zero attached hydrogens (tertiary/aromatic N) is 1. The van der Waals surface area contributed by atoms with Gasteiger partial charge in [-0.15, -0.1) is 0 Å². The Hall–Kier alpha value is -0.860. The van der Waals surface area contributed by atoms with Crippen molar-refractivity contribution in [3.8, 4) is 0 Å². The fourth-order valence-corrected chi connectivity index (χ4v) is 0.393. The van der Waals surface area contributed by atoms with Crippen LogP contribution in [-0.2, 0) is 0 Å². The number of hydrogen-bond donors (Lipinski definition) is 2. The smallest absolute Gasteiger partial charge is 0.112 e. The van der Waals surface area contributed by atoms with Gasteiger partial charge in [-0.3, -0.25) is 0 Å². The van der Waals surface area contributed by atoms with Crippen LogP contribution in [0.4, 0.5) is 0 Å². The molecule has 0 unspecified atom stereocenters. The molecule has 0 atom stereocenters. The molecule has 0 amide bonds. The van der Waals surface area contributed by atoms with Crippen LogP contribution in [0, 0.1) is 0 Å². The molecular formula is C6H15N3. The Bertz CT molecular complexity index is 98.5. The molecule has 0 fully saturated rings. The predicted molar refractivity (Wildman–Crippen MR) is 39.6 cm³/mol. The van der Waals surface area contributed by atoms with E-state index in [-0.39, 0.29) is 0 Å². The number of nitrogens with two attached hydrogens (primary N) is 1. The second-order valence-electron chi connectivity index (χ2n) is 1.91. The SMILES string of the molecule is CCN(C)/C=C(\N)NC. The van der Waals surface area contributed by atoms with Gasteiger partial charge in [0.2, 0.25) is 0 Å². The van der Waals surface area contributed by atoms with E-state index in [0.717, 1.165) is 6.54 Å². The van der Waals surface area contributed by atoms with Gasteiger partial charge in [-0.1, -0.05) is 0 Å². The van der Waals surface area contributed by atoms with Gasteiger partial charge in [0.25, 0.3) is 0 Å². The molecule has 3 N–H and O–H groups in total. The molecule has 0 aliphatic carbocycles. The van der Waals surface area contributed by atoms with Gasteiger partial charge in [-0.25, -0.2) is 0 Å². The first kappa shape index (κ1) is 8.14. The van der Waals surface area contributed by atoms with E-state index in [1.807, 2.05) is 18.1 Å². The number of nitrogens with one attached hydrogen (secondary N) is 1. The molecule has 0 rings (SSSR count). The molecule has 0 bridgehead atoms. The van der Waals surface area contributed by atoms with Crippen molar-refractivity contribution in [3.63, 3.8) is 0 Å². The molecule has 0 aromatic heterocycles. The van der Waals surface area contributed by atoms with Crippen molar-refractivity contribution in [1.29, 1.82) is 0 Å². The summed E-state index contributed by atoms with van der Waals surface area (Å²) in [6.45, 7) is 3.04. The van der Waals surface area contributed by atoms with Gasteiger partial charge in [-0.2, -0.15) is 0 Å². The van der Waals surface area contributed by atoms with Crippen molar-refractivity contribution in [3.05, 3.63) is 12.0 Å². The third-order valence-electron chi connectivity index (χ3n) is 1.15. The molecular weight excluding hydrogens is 114 g/mol. The molecule has 0 saturated carbocycles. The van der Waals surface area contributed by atoms with Crippen molar-refractivity contribution >= 4 is 0 Å². The molecule has 0 aliphatic rings.